The van der Waals surface area contributed by atoms with Gasteiger partial charge in [0.15, 0.2) is 0 Å². The van der Waals surface area contributed by atoms with Gasteiger partial charge in [0, 0.05) is 54.6 Å². The minimum Gasteiger partial charge on any atom is -0.550 e. The van der Waals surface area contributed by atoms with Crippen molar-refractivity contribution in [3.05, 3.63) is 224 Å². The van der Waals surface area contributed by atoms with Crippen molar-refractivity contribution in [2.75, 3.05) is 11.5 Å². The van der Waals surface area contributed by atoms with Crippen LogP contribution in [0.1, 0.15) is 145 Å². The number of aromatic nitrogens is 2. The number of carboxylic acids is 2. The summed E-state index contributed by atoms with van der Waals surface area (Å²) in [5.74, 6) is -0.919. The second-order valence-corrected chi connectivity index (χ2v) is 27.3. The minimum absolute atomic E-state index is 0. The van der Waals surface area contributed by atoms with Crippen LogP contribution in [0.3, 0.4) is 0 Å². The Morgan fingerprint density at radius 2 is 1.04 bits per heavy atom. The second kappa shape index (κ2) is 30.2. The monoisotopic (exact) mass is 1230 g/mol. The van der Waals surface area contributed by atoms with E-state index in [0.29, 0.717) is 28.6 Å². The van der Waals surface area contributed by atoms with Crippen molar-refractivity contribution >= 4 is 104 Å². The van der Waals surface area contributed by atoms with E-state index in [1.807, 2.05) is 165 Å². The van der Waals surface area contributed by atoms with E-state index in [1.54, 1.807) is 13.8 Å². The van der Waals surface area contributed by atoms with Crippen molar-refractivity contribution in [1.29, 1.82) is 0 Å². The van der Waals surface area contributed by atoms with Gasteiger partial charge in [-0.2, -0.15) is 11.8 Å². The Morgan fingerprint density at radius 1 is 0.588 bits per heavy atom. The number of hydrogen-bond acceptors (Lipinski definition) is 10. The first-order valence-electron chi connectivity index (χ1n) is 28.3. The zero-order valence-corrected chi connectivity index (χ0v) is 56.5. The van der Waals surface area contributed by atoms with Gasteiger partial charge >= 0.3 is 59.1 Å². The Hall–Kier alpha value is -4.44. The van der Waals surface area contributed by atoms with Crippen LogP contribution in [0, 0.1) is 10.8 Å². The van der Waals surface area contributed by atoms with Gasteiger partial charge in [-0.05, 0) is 202 Å². The molecule has 2 saturated carbocycles. The van der Waals surface area contributed by atoms with Gasteiger partial charge in [-0.25, -0.2) is 9.97 Å². The van der Waals surface area contributed by atoms with Crippen molar-refractivity contribution in [1.82, 2.24) is 9.97 Å². The zero-order chi connectivity index (χ0) is 58.9. The largest absolute Gasteiger partial charge is 1.00 e. The van der Waals surface area contributed by atoms with E-state index in [1.165, 1.54) is 5.56 Å². The third-order valence-electron chi connectivity index (χ3n) is 15.8. The van der Waals surface area contributed by atoms with Gasteiger partial charge in [0.2, 0.25) is 0 Å². The van der Waals surface area contributed by atoms with Crippen LogP contribution in [0.25, 0.3) is 46.1 Å². The van der Waals surface area contributed by atoms with Crippen LogP contribution >= 0.6 is 35.0 Å². The number of nitrogens with zero attached hydrogens (tertiary/aromatic N) is 2. The summed E-state index contributed by atoms with van der Waals surface area (Å²) < 4.78 is 13.9. The van der Waals surface area contributed by atoms with Gasteiger partial charge in [0.1, 0.15) is 0 Å². The number of pyridine rings is 2. The molecule has 0 saturated heterocycles. The normalized spacial score (nSPS) is 15.3. The van der Waals surface area contributed by atoms with Crippen LogP contribution in [0.2, 0.25) is 10.0 Å². The molecule has 8 aromatic rings. The van der Waals surface area contributed by atoms with Gasteiger partial charge in [-0.3, -0.25) is 4.21 Å². The molecular weight excluding hydrogens is 1160 g/mol. The molecule has 0 bridgehead atoms. The summed E-state index contributed by atoms with van der Waals surface area (Å²) in [6.07, 6.45) is 14.4. The average molecular weight is 1230 g/mol. The number of carbonyl (C=O) groups excluding carboxylic acids is 2. The third kappa shape index (κ3) is 19.5. The van der Waals surface area contributed by atoms with Crippen LogP contribution < -0.4 is 69.3 Å². The summed E-state index contributed by atoms with van der Waals surface area (Å²) >= 11 is 14.2. The SMILES string of the molecule is CC(C)(O)c1ccccc1CC[C@@H](SCC1(CC(=O)[O-])CC1)c1cccc(/C=C\c2ccc3ccc(Cl)cc3n2)c1.CC(C)(O)c1ccccc1CC[C@H](c1cccc(/C=C/c2ccc3ccc(Cl)cc3n2)c1)S(=O)CC1(CC(=O)[O-])CC1.[Na+].[Na+]. The van der Waals surface area contributed by atoms with Gasteiger partial charge in [0.25, 0.3) is 0 Å². The molecule has 2 aliphatic rings. The maximum absolute atomic E-state index is 13.9. The van der Waals surface area contributed by atoms with Gasteiger partial charge in [0.05, 0.1) is 38.9 Å². The zero-order valence-electron chi connectivity index (χ0n) is 49.4. The summed E-state index contributed by atoms with van der Waals surface area (Å²) in [5, 5.41) is 47.5. The minimum atomic E-state index is -1.30. The molecule has 9 nitrogen and oxygen atoms in total. The summed E-state index contributed by atoms with van der Waals surface area (Å²) in [4.78, 5) is 32.2. The molecule has 2 heterocycles. The number of carboxylic acid groups (broad SMARTS) is 2. The topological polar surface area (TPSA) is 164 Å². The molecule has 0 radical (unpaired) electrons. The van der Waals surface area contributed by atoms with Crippen molar-refractivity contribution in [3.8, 4) is 0 Å². The van der Waals surface area contributed by atoms with Crippen LogP contribution in [0.5, 0.6) is 0 Å². The molecule has 1 unspecified atom stereocenters. The number of carbonyl (C=O) groups is 2. The van der Waals surface area contributed by atoms with Crippen LogP contribution in [0.4, 0.5) is 0 Å². The molecule has 2 N–H and O–H groups in total. The summed E-state index contributed by atoms with van der Waals surface area (Å²) in [6.45, 7) is 7.19. The number of fused-ring (bicyclic) bond motifs is 2. The molecule has 15 heteroatoms. The predicted molar refractivity (Wildman–Crippen MR) is 338 cm³/mol. The van der Waals surface area contributed by atoms with E-state index >= 15 is 0 Å². The van der Waals surface area contributed by atoms with E-state index in [0.717, 1.165) is 116 Å². The van der Waals surface area contributed by atoms with Gasteiger partial charge in [-0.15, -0.1) is 0 Å². The van der Waals surface area contributed by atoms with Crippen molar-refractivity contribution in [2.45, 2.75) is 114 Å². The number of aryl methyl sites for hydroxylation is 2. The molecule has 3 atom stereocenters. The summed E-state index contributed by atoms with van der Waals surface area (Å²) in [7, 11) is -1.30. The van der Waals surface area contributed by atoms with Gasteiger partial charge < -0.3 is 30.0 Å². The van der Waals surface area contributed by atoms with E-state index in [2.05, 4.69) is 42.5 Å². The van der Waals surface area contributed by atoms with E-state index < -0.39 is 39.4 Å². The molecule has 2 aromatic heterocycles. The standard InChI is InChI=1S/C35H36ClNO4S.C35H36ClNO3S.2Na/c1-34(2,40)30-9-4-3-7-25(30)13-17-32(42(41)23-35(18-19-35)22-33(38)39)27-8-5-6-24(20-27)10-15-29-16-12-26-11-14-28(36)21-31(26)37-29;1-34(2,40)30-9-4-3-7-25(30)13-17-32(41-23-35(18-19-35)22-33(38)39)27-8-5-6-24(20-27)10-15-29-16-12-26-11-14-28(36)21-31(26)37-29;;/h3-12,14-16,20-21,32,40H,13,17-19,22-23H2,1-2H3,(H,38,39);3-12,14-16,20-21,32,40H,13,17-19,22-23H2,1-2H3,(H,38,39);;/q;;2*+1/p-2/b15-10+;15-10-;;/t32-,42?;32-;;/m11../s1. The first-order valence-corrected chi connectivity index (χ1v) is 31.5. The summed E-state index contributed by atoms with van der Waals surface area (Å²) in [6, 6.07) is 51.8. The number of aliphatic hydroxyl groups is 2. The quantitative estimate of drug-likeness (QED) is 0.0564. The number of hydrogen-bond donors (Lipinski definition) is 2. The number of benzene rings is 6. The second-order valence-electron chi connectivity index (χ2n) is 23.6. The molecule has 430 valence electrons. The Balaban J connectivity index is 0.000000238. The molecule has 10 rings (SSSR count). The maximum atomic E-state index is 13.9. The Kier molecular flexibility index (Phi) is 24.2. The van der Waals surface area contributed by atoms with E-state index in [9.17, 15) is 34.2 Å². The van der Waals surface area contributed by atoms with Crippen molar-refractivity contribution in [3.63, 3.8) is 0 Å². The van der Waals surface area contributed by atoms with Crippen LogP contribution in [0.15, 0.2) is 158 Å². The van der Waals surface area contributed by atoms with Crippen molar-refractivity contribution in [2.24, 2.45) is 10.8 Å². The fourth-order valence-electron chi connectivity index (χ4n) is 10.9. The first kappa shape index (κ1) is 68.1. The number of thioether (sulfide) groups is 1. The smallest absolute Gasteiger partial charge is 0.550 e. The Labute approximate surface area is 561 Å². The number of halogens is 2. The Morgan fingerprint density at radius 3 is 1.52 bits per heavy atom. The molecule has 2 aliphatic carbocycles. The third-order valence-corrected chi connectivity index (χ3v) is 20.0. The molecule has 6 aromatic carbocycles. The molecular formula is C70H70Cl2N2Na2O7S2. The predicted octanol–water partition coefficient (Wildman–Crippen LogP) is 8.25. The fourth-order valence-corrected chi connectivity index (χ4v) is 14.8. The van der Waals surface area contributed by atoms with Crippen LogP contribution in [-0.4, -0.2) is 47.8 Å². The average Bonchev–Trinajstić information content (AvgIpc) is 3.45. The fraction of sp³-hybridized carbons (Fsp3) is 0.314. The molecule has 85 heavy (non-hydrogen) atoms. The van der Waals surface area contributed by atoms with Crippen molar-refractivity contribution < 1.29 is 93.3 Å². The van der Waals surface area contributed by atoms with Gasteiger partial charge in [-0.1, -0.05) is 157 Å². The van der Waals surface area contributed by atoms with Crippen LogP contribution in [-0.2, 0) is 44.4 Å². The molecule has 0 amide bonds. The van der Waals surface area contributed by atoms with E-state index in [4.69, 9.17) is 33.2 Å². The Bertz CT molecular complexity index is 3720. The summed E-state index contributed by atoms with van der Waals surface area (Å²) in [5.41, 5.74) is 8.99. The number of aliphatic carboxylic acids is 2. The molecule has 2 fully saturated rings. The maximum Gasteiger partial charge on any atom is 1.00 e. The number of rotatable bonds is 24. The molecule has 0 aliphatic heterocycles. The first-order chi connectivity index (χ1) is 39.6. The molecule has 0 spiro atoms. The van der Waals surface area contributed by atoms with E-state index in [-0.39, 0.29) is 87.9 Å².